The van der Waals surface area contributed by atoms with Gasteiger partial charge < -0.3 is 9.47 Å². The van der Waals surface area contributed by atoms with Crippen LogP contribution in [0.15, 0.2) is 0 Å². The fourth-order valence-corrected chi connectivity index (χ4v) is 3.75. The largest absolute Gasteiger partial charge is 0.466 e. The number of unbranched alkanes of at least 4 members (excludes halogenated alkanes) is 8. The molecule has 0 atom stereocenters. The van der Waals surface area contributed by atoms with Gasteiger partial charge in [0.05, 0.1) is 18.6 Å². The second-order valence-corrected chi connectivity index (χ2v) is 11.0. The predicted molar refractivity (Wildman–Crippen MR) is 135 cm³/mol. The zero-order valence-corrected chi connectivity index (χ0v) is 22.3. The lowest BCUT2D eigenvalue weighted by Crippen LogP contribution is -2.27. The maximum Gasteiger partial charge on any atom is 0.311 e. The Labute approximate surface area is 199 Å². The van der Waals surface area contributed by atoms with E-state index in [-0.39, 0.29) is 17.4 Å². The molecule has 190 valence electrons. The molecule has 0 saturated heterocycles. The Morgan fingerprint density at radius 3 is 1.62 bits per heavy atom. The summed E-state index contributed by atoms with van der Waals surface area (Å²) in [6, 6.07) is 0. The van der Waals surface area contributed by atoms with E-state index in [2.05, 4.69) is 27.7 Å². The van der Waals surface area contributed by atoms with Gasteiger partial charge in [0, 0.05) is 6.42 Å². The standard InChI is InChI=1S/C28H54O4/c1-24(2)18-13-16-22-31-26(29)20-12-10-8-7-9-11-15-21-28(5,6)27(30)32-23-17-14-19-25(3)4/h24-25H,7-23H2,1-6H3. The second kappa shape index (κ2) is 19.4. The van der Waals surface area contributed by atoms with Crippen molar-refractivity contribution < 1.29 is 19.1 Å². The van der Waals surface area contributed by atoms with Crippen LogP contribution in [0.5, 0.6) is 0 Å². The Hall–Kier alpha value is -1.06. The summed E-state index contributed by atoms with van der Waals surface area (Å²) in [7, 11) is 0. The zero-order chi connectivity index (χ0) is 24.2. The van der Waals surface area contributed by atoms with Crippen molar-refractivity contribution in [3.8, 4) is 0 Å². The number of hydrogen-bond acceptors (Lipinski definition) is 4. The van der Waals surface area contributed by atoms with Crippen molar-refractivity contribution in [1.29, 1.82) is 0 Å². The van der Waals surface area contributed by atoms with Crippen molar-refractivity contribution in [3.63, 3.8) is 0 Å². The van der Waals surface area contributed by atoms with Gasteiger partial charge in [-0.1, -0.05) is 79.1 Å². The molecule has 4 nitrogen and oxygen atoms in total. The van der Waals surface area contributed by atoms with Crippen molar-refractivity contribution in [2.45, 2.75) is 138 Å². The monoisotopic (exact) mass is 454 g/mol. The molecule has 0 aromatic heterocycles. The van der Waals surface area contributed by atoms with Gasteiger partial charge in [-0.25, -0.2) is 0 Å². The molecule has 0 aromatic rings. The van der Waals surface area contributed by atoms with Crippen LogP contribution in [0.4, 0.5) is 0 Å². The van der Waals surface area contributed by atoms with E-state index in [0.29, 0.717) is 25.6 Å². The number of ether oxygens (including phenoxy) is 2. The molecule has 0 bridgehead atoms. The fraction of sp³-hybridized carbons (Fsp3) is 0.929. The van der Waals surface area contributed by atoms with Crippen LogP contribution in [-0.4, -0.2) is 25.2 Å². The van der Waals surface area contributed by atoms with Gasteiger partial charge in [-0.2, -0.15) is 0 Å². The van der Waals surface area contributed by atoms with Crippen LogP contribution in [0.3, 0.4) is 0 Å². The third kappa shape index (κ3) is 19.6. The first kappa shape index (κ1) is 30.9. The van der Waals surface area contributed by atoms with Gasteiger partial charge >= 0.3 is 11.9 Å². The highest BCUT2D eigenvalue weighted by atomic mass is 16.5. The summed E-state index contributed by atoms with van der Waals surface area (Å²) in [4.78, 5) is 24.0. The Morgan fingerprint density at radius 2 is 1.09 bits per heavy atom. The molecule has 0 unspecified atom stereocenters. The molecule has 0 N–H and O–H groups in total. The minimum Gasteiger partial charge on any atom is -0.466 e. The topological polar surface area (TPSA) is 52.6 Å². The SMILES string of the molecule is CC(C)CCCCOC(=O)CCCCCCCCCC(C)(C)C(=O)OCCCCC(C)C. The zero-order valence-electron chi connectivity index (χ0n) is 22.3. The van der Waals surface area contributed by atoms with Gasteiger partial charge in [-0.05, 0) is 64.2 Å². The highest BCUT2D eigenvalue weighted by Crippen LogP contribution is 2.26. The highest BCUT2D eigenvalue weighted by molar-refractivity contribution is 5.75. The molecule has 0 spiro atoms. The summed E-state index contributed by atoms with van der Waals surface area (Å²) in [5, 5.41) is 0. The lowest BCUT2D eigenvalue weighted by molar-refractivity contribution is -0.154. The van der Waals surface area contributed by atoms with Crippen LogP contribution >= 0.6 is 0 Å². The van der Waals surface area contributed by atoms with Gasteiger partial charge in [0.25, 0.3) is 0 Å². The highest BCUT2D eigenvalue weighted by Gasteiger charge is 2.28. The van der Waals surface area contributed by atoms with Crippen molar-refractivity contribution >= 4 is 11.9 Å². The van der Waals surface area contributed by atoms with Crippen molar-refractivity contribution in [3.05, 3.63) is 0 Å². The molecule has 0 amide bonds. The van der Waals surface area contributed by atoms with Gasteiger partial charge in [0.2, 0.25) is 0 Å². The third-order valence-corrected chi connectivity index (χ3v) is 6.08. The number of carbonyl (C=O) groups excluding carboxylic acids is 2. The fourth-order valence-electron chi connectivity index (χ4n) is 3.75. The maximum absolute atomic E-state index is 12.3. The summed E-state index contributed by atoms with van der Waals surface area (Å²) in [6.07, 6.45) is 15.9. The quantitative estimate of drug-likeness (QED) is 0.129. The van der Waals surface area contributed by atoms with Crippen LogP contribution in [0.25, 0.3) is 0 Å². The molecule has 0 aliphatic carbocycles. The minimum atomic E-state index is -0.382. The molecule has 0 aromatic carbocycles. The lowest BCUT2D eigenvalue weighted by Gasteiger charge is -2.22. The van der Waals surface area contributed by atoms with Crippen LogP contribution in [0, 0.1) is 17.3 Å². The van der Waals surface area contributed by atoms with E-state index in [1.165, 1.54) is 32.1 Å². The van der Waals surface area contributed by atoms with Crippen LogP contribution in [0.2, 0.25) is 0 Å². The van der Waals surface area contributed by atoms with E-state index in [1.54, 1.807) is 0 Å². The van der Waals surface area contributed by atoms with E-state index in [9.17, 15) is 9.59 Å². The molecule has 4 heteroatoms. The molecule has 0 aliphatic heterocycles. The van der Waals surface area contributed by atoms with Gasteiger partial charge in [-0.15, -0.1) is 0 Å². The average molecular weight is 455 g/mol. The van der Waals surface area contributed by atoms with Gasteiger partial charge in [0.1, 0.15) is 0 Å². The number of rotatable bonds is 21. The van der Waals surface area contributed by atoms with Crippen molar-refractivity contribution in [2.75, 3.05) is 13.2 Å². The van der Waals surface area contributed by atoms with E-state index in [1.807, 2.05) is 13.8 Å². The van der Waals surface area contributed by atoms with Crippen molar-refractivity contribution in [2.24, 2.45) is 17.3 Å². The summed E-state index contributed by atoms with van der Waals surface area (Å²) < 4.78 is 10.8. The van der Waals surface area contributed by atoms with Gasteiger partial charge in [-0.3, -0.25) is 9.59 Å². The number of carbonyl (C=O) groups is 2. The Morgan fingerprint density at radius 1 is 0.625 bits per heavy atom. The molecule has 0 heterocycles. The first-order valence-electron chi connectivity index (χ1n) is 13.5. The third-order valence-electron chi connectivity index (χ3n) is 6.08. The Bertz CT molecular complexity index is 468. The summed E-state index contributed by atoms with van der Waals surface area (Å²) in [5.74, 6) is 1.35. The Balaban J connectivity index is 3.55. The minimum absolute atomic E-state index is 0.0383. The van der Waals surface area contributed by atoms with E-state index in [0.717, 1.165) is 63.7 Å². The molecule has 0 rings (SSSR count). The van der Waals surface area contributed by atoms with Crippen molar-refractivity contribution in [1.82, 2.24) is 0 Å². The first-order valence-corrected chi connectivity index (χ1v) is 13.5. The second-order valence-electron chi connectivity index (χ2n) is 11.0. The summed E-state index contributed by atoms with van der Waals surface area (Å²) >= 11 is 0. The average Bonchev–Trinajstić information content (AvgIpc) is 2.71. The molecular weight excluding hydrogens is 400 g/mol. The Kier molecular flexibility index (Phi) is 18.8. The van der Waals surface area contributed by atoms with Crippen LogP contribution < -0.4 is 0 Å². The van der Waals surface area contributed by atoms with Crippen LogP contribution in [0.1, 0.15) is 138 Å². The smallest absolute Gasteiger partial charge is 0.311 e. The molecular formula is C28H54O4. The van der Waals surface area contributed by atoms with E-state index >= 15 is 0 Å². The molecule has 0 radical (unpaired) electrons. The summed E-state index contributed by atoms with van der Waals surface area (Å²) in [6.45, 7) is 14.0. The maximum atomic E-state index is 12.3. The molecule has 0 aliphatic rings. The van der Waals surface area contributed by atoms with Gasteiger partial charge in [0.15, 0.2) is 0 Å². The predicted octanol–water partition coefficient (Wildman–Crippen LogP) is 8.26. The first-order chi connectivity index (χ1) is 15.1. The molecule has 0 saturated carbocycles. The molecule has 32 heavy (non-hydrogen) atoms. The van der Waals surface area contributed by atoms with E-state index in [4.69, 9.17) is 9.47 Å². The number of esters is 2. The normalized spacial score (nSPS) is 11.9. The van der Waals surface area contributed by atoms with Crippen LogP contribution in [-0.2, 0) is 19.1 Å². The van der Waals surface area contributed by atoms with E-state index < -0.39 is 0 Å². The number of hydrogen-bond donors (Lipinski definition) is 0. The summed E-state index contributed by atoms with van der Waals surface area (Å²) in [5.41, 5.74) is -0.382. The lowest BCUT2D eigenvalue weighted by atomic mass is 9.87. The molecule has 0 fully saturated rings.